The van der Waals surface area contributed by atoms with Crippen LogP contribution in [0.3, 0.4) is 0 Å². The number of aromatic nitrogens is 2. The molecule has 1 aromatic heterocycles. The second kappa shape index (κ2) is 8.53. The third kappa shape index (κ3) is 4.36. The van der Waals surface area contributed by atoms with Gasteiger partial charge in [-0.1, -0.05) is 17.7 Å². The van der Waals surface area contributed by atoms with Crippen molar-refractivity contribution in [2.24, 2.45) is 0 Å². The predicted octanol–water partition coefficient (Wildman–Crippen LogP) is 4.43. The van der Waals surface area contributed by atoms with Gasteiger partial charge in [0.05, 0.1) is 18.7 Å². The van der Waals surface area contributed by atoms with Crippen molar-refractivity contribution < 1.29 is 21.9 Å². The van der Waals surface area contributed by atoms with Crippen LogP contribution in [0, 0.1) is 25.5 Å². The summed E-state index contributed by atoms with van der Waals surface area (Å²) in [5, 5.41) is -0.505. The maximum absolute atomic E-state index is 14.4. The lowest BCUT2D eigenvalue weighted by Crippen LogP contribution is -2.32. The van der Waals surface area contributed by atoms with Gasteiger partial charge >= 0.3 is 0 Å². The molecule has 0 aliphatic heterocycles. The molecule has 1 heterocycles. The monoisotopic (exact) mass is 453 g/mol. The molecule has 0 bridgehead atoms. The fraction of sp³-hybridized carbons (Fsp3) is 0.200. The molecule has 0 N–H and O–H groups in total. The van der Waals surface area contributed by atoms with Gasteiger partial charge in [0.2, 0.25) is 0 Å². The Morgan fingerprint density at radius 2 is 1.80 bits per heavy atom. The van der Waals surface area contributed by atoms with Gasteiger partial charge in [-0.15, -0.1) is 0 Å². The van der Waals surface area contributed by atoms with Gasteiger partial charge in [-0.3, -0.25) is 0 Å². The minimum absolute atomic E-state index is 0.0394. The Morgan fingerprint density at radius 1 is 1.07 bits per heavy atom. The van der Waals surface area contributed by atoms with Gasteiger partial charge in [-0.25, -0.2) is 31.5 Å². The number of benzene rings is 2. The first-order chi connectivity index (χ1) is 14.1. The summed E-state index contributed by atoms with van der Waals surface area (Å²) in [4.78, 5) is 7.26. The van der Waals surface area contributed by atoms with Crippen LogP contribution in [0.5, 0.6) is 5.75 Å². The normalized spacial score (nSPS) is 11.4. The zero-order valence-electron chi connectivity index (χ0n) is 16.4. The third-order valence-electron chi connectivity index (χ3n) is 4.45. The molecule has 0 unspecified atom stereocenters. The Labute approximate surface area is 178 Å². The number of aryl methyl sites for hydroxylation is 2. The molecule has 0 saturated carbocycles. The van der Waals surface area contributed by atoms with E-state index in [1.807, 2.05) is 0 Å². The van der Waals surface area contributed by atoms with Gasteiger partial charge in [-0.2, -0.15) is 0 Å². The summed E-state index contributed by atoms with van der Waals surface area (Å²) >= 11 is 5.72. The first-order valence-corrected chi connectivity index (χ1v) is 10.5. The highest BCUT2D eigenvalue weighted by molar-refractivity contribution is 7.92. The van der Waals surface area contributed by atoms with Crippen LogP contribution in [0.15, 0.2) is 47.6 Å². The Hall–Kier alpha value is -2.78. The number of methoxy groups -OCH3 is 1. The maximum Gasteiger partial charge on any atom is 0.268 e. The highest BCUT2D eigenvalue weighted by atomic mass is 35.5. The zero-order chi connectivity index (χ0) is 22.1. The summed E-state index contributed by atoms with van der Waals surface area (Å²) in [5.74, 6) is -1.65. The molecular formula is C20H18ClF2N3O3S. The van der Waals surface area contributed by atoms with Crippen LogP contribution in [-0.4, -0.2) is 25.5 Å². The number of nitrogens with zero attached hydrogens (tertiary/aromatic N) is 3. The molecule has 158 valence electrons. The van der Waals surface area contributed by atoms with Crippen LogP contribution < -0.4 is 9.04 Å². The molecule has 3 aromatic rings. The minimum Gasteiger partial charge on any atom is -0.497 e. The predicted molar refractivity (Wildman–Crippen MR) is 109 cm³/mol. The molecule has 0 fully saturated rings. The SMILES string of the molecule is COc1ccc(CN(c2cc(C)ncn2)S(=O)(=O)c2cc(Cl)c(F)cc2F)c(C)c1. The molecule has 2 aromatic carbocycles. The van der Waals surface area contributed by atoms with E-state index in [9.17, 15) is 17.2 Å². The molecule has 0 saturated heterocycles. The molecule has 0 aliphatic rings. The van der Waals surface area contributed by atoms with Crippen LogP contribution in [-0.2, 0) is 16.6 Å². The highest BCUT2D eigenvalue weighted by Crippen LogP contribution is 2.30. The van der Waals surface area contributed by atoms with E-state index in [-0.39, 0.29) is 12.4 Å². The fourth-order valence-electron chi connectivity index (χ4n) is 2.81. The van der Waals surface area contributed by atoms with Crippen molar-refractivity contribution in [1.29, 1.82) is 0 Å². The summed E-state index contributed by atoms with van der Waals surface area (Å²) in [6.45, 7) is 3.32. The van der Waals surface area contributed by atoms with Crippen molar-refractivity contribution >= 4 is 27.4 Å². The van der Waals surface area contributed by atoms with E-state index in [0.717, 1.165) is 15.9 Å². The lowest BCUT2D eigenvalue weighted by molar-refractivity contribution is 0.414. The molecule has 0 aliphatic carbocycles. The van der Waals surface area contributed by atoms with Gasteiger partial charge < -0.3 is 4.74 Å². The molecular weight excluding hydrogens is 436 g/mol. The van der Waals surface area contributed by atoms with Crippen molar-refractivity contribution in [2.75, 3.05) is 11.4 Å². The molecule has 6 nitrogen and oxygen atoms in total. The molecule has 0 spiro atoms. The van der Waals surface area contributed by atoms with Crippen molar-refractivity contribution in [3.63, 3.8) is 0 Å². The van der Waals surface area contributed by atoms with Gasteiger partial charge in [0.1, 0.15) is 34.4 Å². The van der Waals surface area contributed by atoms with Crippen molar-refractivity contribution in [1.82, 2.24) is 9.97 Å². The average Bonchev–Trinajstić information content (AvgIpc) is 2.69. The second-order valence-corrected chi connectivity index (χ2v) is 8.76. The second-order valence-electron chi connectivity index (χ2n) is 6.52. The smallest absolute Gasteiger partial charge is 0.268 e. The van der Waals surface area contributed by atoms with Crippen LogP contribution in [0.2, 0.25) is 5.02 Å². The van der Waals surface area contributed by atoms with Crippen LogP contribution in [0.25, 0.3) is 0 Å². The average molecular weight is 454 g/mol. The van der Waals surface area contributed by atoms with Crippen molar-refractivity contribution in [2.45, 2.75) is 25.3 Å². The maximum atomic E-state index is 14.4. The van der Waals surface area contributed by atoms with E-state index < -0.39 is 31.6 Å². The summed E-state index contributed by atoms with van der Waals surface area (Å²) in [7, 11) is -2.96. The molecule has 30 heavy (non-hydrogen) atoms. The molecule has 0 amide bonds. The van der Waals surface area contributed by atoms with E-state index in [4.69, 9.17) is 16.3 Å². The Bertz CT molecular complexity index is 1210. The van der Waals surface area contributed by atoms with Gasteiger partial charge in [0.15, 0.2) is 0 Å². The molecule has 3 rings (SSSR count). The van der Waals surface area contributed by atoms with Gasteiger partial charge in [-0.05, 0) is 43.2 Å². The first-order valence-electron chi connectivity index (χ1n) is 8.73. The van der Waals surface area contributed by atoms with Crippen LogP contribution >= 0.6 is 11.6 Å². The number of ether oxygens (including phenoxy) is 1. The van der Waals surface area contributed by atoms with Crippen molar-refractivity contribution in [3.8, 4) is 5.75 Å². The van der Waals surface area contributed by atoms with Gasteiger partial charge in [0, 0.05) is 17.8 Å². The lowest BCUT2D eigenvalue weighted by Gasteiger charge is -2.25. The summed E-state index contributed by atoms with van der Waals surface area (Å²) < 4.78 is 60.9. The fourth-order valence-corrected chi connectivity index (χ4v) is 4.51. The standard InChI is InChI=1S/C20H18ClF2N3O3S/c1-12-6-15(29-3)5-4-14(12)10-26(20-7-13(2)24-11-25-20)30(27,28)19-8-16(21)17(22)9-18(19)23/h4-9,11H,10H2,1-3H3. The van der Waals surface area contributed by atoms with Crippen molar-refractivity contribution in [3.05, 3.63) is 76.2 Å². The first kappa shape index (κ1) is 21.9. The van der Waals surface area contributed by atoms with Crippen LogP contribution in [0.1, 0.15) is 16.8 Å². The Kier molecular flexibility index (Phi) is 6.23. The Balaban J connectivity index is 2.16. The summed E-state index contributed by atoms with van der Waals surface area (Å²) in [6, 6.07) is 7.80. The molecule has 10 heteroatoms. The Morgan fingerprint density at radius 3 is 2.43 bits per heavy atom. The zero-order valence-corrected chi connectivity index (χ0v) is 17.9. The number of sulfonamides is 1. The number of hydrogen-bond donors (Lipinski definition) is 0. The largest absolute Gasteiger partial charge is 0.497 e. The van der Waals surface area contributed by atoms with E-state index in [1.54, 1.807) is 32.0 Å². The summed E-state index contributed by atoms with van der Waals surface area (Å²) in [5.41, 5.74) is 1.92. The highest BCUT2D eigenvalue weighted by Gasteiger charge is 2.31. The quantitative estimate of drug-likeness (QED) is 0.516. The number of rotatable bonds is 6. The van der Waals surface area contributed by atoms with Crippen LogP contribution in [0.4, 0.5) is 14.6 Å². The van der Waals surface area contributed by atoms with Gasteiger partial charge in [0.25, 0.3) is 10.0 Å². The van der Waals surface area contributed by atoms with E-state index in [0.29, 0.717) is 23.1 Å². The topological polar surface area (TPSA) is 72.4 Å². The van der Waals surface area contributed by atoms with E-state index >= 15 is 0 Å². The minimum atomic E-state index is -4.49. The van der Waals surface area contributed by atoms with E-state index in [2.05, 4.69) is 9.97 Å². The molecule has 0 radical (unpaired) electrons. The number of halogens is 3. The summed E-state index contributed by atoms with van der Waals surface area (Å²) in [6.07, 6.45) is 1.21. The third-order valence-corrected chi connectivity index (χ3v) is 6.51. The van der Waals surface area contributed by atoms with E-state index in [1.165, 1.54) is 19.5 Å². The number of anilines is 1. The molecule has 0 atom stereocenters. The number of hydrogen-bond acceptors (Lipinski definition) is 5. The lowest BCUT2D eigenvalue weighted by atomic mass is 10.1.